The number of rotatable bonds is 1. The van der Waals surface area contributed by atoms with Crippen LogP contribution in [0.3, 0.4) is 0 Å². The minimum atomic E-state index is -3.68. The van der Waals surface area contributed by atoms with Gasteiger partial charge >= 0.3 is 0 Å². The lowest BCUT2D eigenvalue weighted by atomic mass is 10.6. The van der Waals surface area contributed by atoms with Crippen molar-refractivity contribution in [2.45, 2.75) is 24.0 Å². The average Bonchev–Trinajstić information content (AvgIpc) is 2.45. The molecule has 15 heavy (non-hydrogen) atoms. The summed E-state index contributed by atoms with van der Waals surface area (Å²) < 4.78 is 21.8. The Morgan fingerprint density at radius 2 is 2.07 bits per heavy atom. The highest BCUT2D eigenvalue weighted by Gasteiger charge is 2.13. The Bertz CT molecular complexity index is 517. The zero-order valence-corrected chi connectivity index (χ0v) is 11.4. The molecule has 0 bridgehead atoms. The SMILES string of the molecule is C[Si](C)(C)C#Cc1cnc(S(N)(=O)=O)s1. The summed E-state index contributed by atoms with van der Waals surface area (Å²) in [6.45, 7) is 6.34. The van der Waals surface area contributed by atoms with Gasteiger partial charge in [0.2, 0.25) is 4.34 Å². The smallest absolute Gasteiger partial charge is 0.231 e. The summed E-state index contributed by atoms with van der Waals surface area (Å²) in [5, 5.41) is 4.93. The largest absolute Gasteiger partial charge is 0.265 e. The van der Waals surface area contributed by atoms with E-state index >= 15 is 0 Å². The number of hydrogen-bond acceptors (Lipinski definition) is 4. The van der Waals surface area contributed by atoms with Crippen LogP contribution in [0.5, 0.6) is 0 Å². The molecule has 0 spiro atoms. The van der Waals surface area contributed by atoms with Crippen LogP contribution in [-0.4, -0.2) is 21.5 Å². The number of primary sulfonamides is 1. The Morgan fingerprint density at radius 3 is 2.47 bits per heavy atom. The van der Waals surface area contributed by atoms with Gasteiger partial charge in [-0.05, 0) is 0 Å². The predicted octanol–water partition coefficient (Wildman–Crippen LogP) is 1.02. The summed E-state index contributed by atoms with van der Waals surface area (Å²) in [5.74, 6) is 2.92. The van der Waals surface area contributed by atoms with Gasteiger partial charge < -0.3 is 0 Å². The number of aromatic nitrogens is 1. The lowest BCUT2D eigenvalue weighted by molar-refractivity contribution is 0.597. The van der Waals surface area contributed by atoms with E-state index in [4.69, 9.17) is 5.14 Å². The molecule has 0 atom stereocenters. The van der Waals surface area contributed by atoms with Crippen LogP contribution < -0.4 is 5.14 Å². The molecule has 7 heteroatoms. The number of sulfonamides is 1. The first-order chi connectivity index (χ1) is 6.68. The van der Waals surface area contributed by atoms with Gasteiger partial charge in [-0.3, -0.25) is 0 Å². The number of nitrogens with zero attached hydrogens (tertiary/aromatic N) is 1. The van der Waals surface area contributed by atoms with E-state index in [0.717, 1.165) is 11.3 Å². The minimum Gasteiger partial charge on any atom is -0.231 e. The molecule has 0 saturated carbocycles. The van der Waals surface area contributed by atoms with Gasteiger partial charge in [-0.25, -0.2) is 18.5 Å². The van der Waals surface area contributed by atoms with Crippen molar-refractivity contribution in [2.75, 3.05) is 0 Å². The molecule has 0 aromatic carbocycles. The van der Waals surface area contributed by atoms with Gasteiger partial charge in [0, 0.05) is 0 Å². The summed E-state index contributed by atoms with van der Waals surface area (Å²) >= 11 is 1.01. The fourth-order valence-electron chi connectivity index (χ4n) is 0.697. The molecule has 1 aromatic rings. The van der Waals surface area contributed by atoms with Crippen LogP contribution in [0.15, 0.2) is 10.5 Å². The predicted molar refractivity (Wildman–Crippen MR) is 63.7 cm³/mol. The number of thiazole rings is 1. The molecule has 4 nitrogen and oxygen atoms in total. The van der Waals surface area contributed by atoms with E-state index in [-0.39, 0.29) is 4.34 Å². The molecule has 2 N–H and O–H groups in total. The third-order valence-electron chi connectivity index (χ3n) is 1.29. The molecule has 0 unspecified atom stereocenters. The van der Waals surface area contributed by atoms with Crippen molar-refractivity contribution < 1.29 is 8.42 Å². The normalized spacial score (nSPS) is 12.0. The Hall–Kier alpha value is -0.683. The van der Waals surface area contributed by atoms with Gasteiger partial charge in [-0.2, -0.15) is 0 Å². The second kappa shape index (κ2) is 4.06. The van der Waals surface area contributed by atoms with E-state index in [9.17, 15) is 8.42 Å². The van der Waals surface area contributed by atoms with Crippen molar-refractivity contribution in [1.29, 1.82) is 0 Å². The van der Waals surface area contributed by atoms with E-state index in [1.54, 1.807) is 0 Å². The maximum atomic E-state index is 10.9. The van der Waals surface area contributed by atoms with Crippen LogP contribution in [0.25, 0.3) is 0 Å². The highest BCUT2D eigenvalue weighted by atomic mass is 32.2. The first-order valence-corrected chi connectivity index (χ1v) is 10.1. The third kappa shape index (κ3) is 4.13. The Labute approximate surface area is 94.6 Å². The van der Waals surface area contributed by atoms with E-state index in [1.807, 2.05) is 0 Å². The molecule has 1 heterocycles. The molecule has 0 aliphatic heterocycles. The van der Waals surface area contributed by atoms with Gasteiger partial charge in [0.1, 0.15) is 8.07 Å². The first-order valence-electron chi connectivity index (χ1n) is 4.20. The third-order valence-corrected chi connectivity index (χ3v) is 4.41. The van der Waals surface area contributed by atoms with Crippen molar-refractivity contribution in [1.82, 2.24) is 4.98 Å². The fourth-order valence-corrected chi connectivity index (χ4v) is 2.73. The van der Waals surface area contributed by atoms with Crippen LogP contribution in [0.4, 0.5) is 0 Å². The van der Waals surface area contributed by atoms with Crippen molar-refractivity contribution >= 4 is 29.4 Å². The topological polar surface area (TPSA) is 73.0 Å². The number of hydrogen-bond donors (Lipinski definition) is 1. The van der Waals surface area contributed by atoms with E-state index in [1.165, 1.54) is 6.20 Å². The summed E-state index contributed by atoms with van der Waals surface area (Å²) in [4.78, 5) is 4.35. The van der Waals surface area contributed by atoms with Crippen molar-refractivity contribution in [3.05, 3.63) is 11.1 Å². The molecular weight excluding hydrogens is 248 g/mol. The molecule has 0 saturated heterocycles. The molecule has 0 radical (unpaired) electrons. The lowest BCUT2D eigenvalue weighted by Crippen LogP contribution is -2.16. The summed E-state index contributed by atoms with van der Waals surface area (Å²) in [7, 11) is -5.12. The maximum Gasteiger partial charge on any atom is 0.265 e. The average molecular weight is 260 g/mol. The molecule has 1 rings (SSSR count). The highest BCUT2D eigenvalue weighted by Crippen LogP contribution is 2.15. The monoisotopic (exact) mass is 260 g/mol. The Balaban J connectivity index is 3.00. The van der Waals surface area contributed by atoms with Gasteiger partial charge in [0.25, 0.3) is 10.0 Å². The van der Waals surface area contributed by atoms with Gasteiger partial charge in [0.15, 0.2) is 0 Å². The van der Waals surface area contributed by atoms with Gasteiger partial charge in [-0.1, -0.05) is 36.9 Å². The molecule has 0 amide bonds. The molecular formula is C8H12N2O2S2Si. The van der Waals surface area contributed by atoms with Crippen LogP contribution in [0, 0.1) is 11.5 Å². The van der Waals surface area contributed by atoms with Gasteiger partial charge in [-0.15, -0.1) is 5.54 Å². The molecule has 0 aliphatic rings. The lowest BCUT2D eigenvalue weighted by Gasteiger charge is -2.02. The standard InChI is InChI=1S/C8H12N2O2S2Si/c1-15(2,3)5-4-7-6-10-8(13-7)14(9,11)12/h6H,1-3H3,(H2,9,11,12). The Morgan fingerprint density at radius 1 is 1.47 bits per heavy atom. The van der Waals surface area contributed by atoms with E-state index in [2.05, 4.69) is 36.1 Å². The first kappa shape index (κ1) is 12.4. The highest BCUT2D eigenvalue weighted by molar-refractivity contribution is 7.91. The zero-order chi connectivity index (χ0) is 11.7. The molecule has 82 valence electrons. The zero-order valence-electron chi connectivity index (χ0n) is 8.73. The van der Waals surface area contributed by atoms with E-state index < -0.39 is 18.1 Å². The maximum absolute atomic E-state index is 10.9. The van der Waals surface area contributed by atoms with Gasteiger partial charge in [0.05, 0.1) is 11.1 Å². The minimum absolute atomic E-state index is 0.0811. The summed E-state index contributed by atoms with van der Waals surface area (Å²) in [6, 6.07) is 0. The van der Waals surface area contributed by atoms with Crippen LogP contribution >= 0.6 is 11.3 Å². The van der Waals surface area contributed by atoms with Crippen molar-refractivity contribution in [3.8, 4) is 11.5 Å². The summed E-state index contributed by atoms with van der Waals surface area (Å²) in [6.07, 6.45) is 1.44. The molecule has 0 fully saturated rings. The van der Waals surface area contributed by atoms with Crippen LogP contribution in [-0.2, 0) is 10.0 Å². The van der Waals surface area contributed by atoms with Crippen molar-refractivity contribution in [3.63, 3.8) is 0 Å². The second-order valence-corrected chi connectivity index (χ2v) is 11.6. The van der Waals surface area contributed by atoms with Crippen LogP contribution in [0.1, 0.15) is 4.88 Å². The fraction of sp³-hybridized carbons (Fsp3) is 0.375. The van der Waals surface area contributed by atoms with Crippen molar-refractivity contribution in [2.24, 2.45) is 5.14 Å². The van der Waals surface area contributed by atoms with E-state index in [0.29, 0.717) is 4.88 Å². The molecule has 1 aromatic heterocycles. The Kier molecular flexibility index (Phi) is 3.35. The number of nitrogens with two attached hydrogens (primary N) is 1. The quantitative estimate of drug-likeness (QED) is 0.605. The second-order valence-electron chi connectivity index (χ2n) is 4.04. The molecule has 0 aliphatic carbocycles. The summed E-state index contributed by atoms with van der Waals surface area (Å²) in [5.41, 5.74) is 3.13. The van der Waals surface area contributed by atoms with Crippen LogP contribution in [0.2, 0.25) is 19.6 Å².